The number of hydrogen-bond donors (Lipinski definition) is 4. The number of rotatable bonds is 6. The van der Waals surface area contributed by atoms with E-state index in [-0.39, 0.29) is 29.8 Å². The first-order valence-corrected chi connectivity index (χ1v) is 9.25. The quantitative estimate of drug-likeness (QED) is 0.486. The fourth-order valence-electron chi connectivity index (χ4n) is 4.01. The van der Waals surface area contributed by atoms with Crippen molar-refractivity contribution in [1.29, 1.82) is 0 Å². The van der Waals surface area contributed by atoms with Crippen molar-refractivity contribution in [3.05, 3.63) is 59.4 Å². The van der Waals surface area contributed by atoms with Crippen LogP contribution in [0.2, 0.25) is 0 Å². The fraction of sp³-hybridized carbons (Fsp3) is 0.333. The molecule has 1 aliphatic carbocycles. The van der Waals surface area contributed by atoms with E-state index in [2.05, 4.69) is 10.3 Å². The lowest BCUT2D eigenvalue weighted by Gasteiger charge is -2.36. The molecule has 1 heterocycles. The minimum absolute atomic E-state index is 0.0908. The van der Waals surface area contributed by atoms with Crippen molar-refractivity contribution in [3.8, 4) is 11.3 Å². The molecule has 148 valence electrons. The number of aliphatic hydroxyl groups excluding tert-OH is 2. The summed E-state index contributed by atoms with van der Waals surface area (Å²) in [6.07, 6.45) is 0.611. The van der Waals surface area contributed by atoms with E-state index in [4.69, 9.17) is 5.11 Å². The van der Waals surface area contributed by atoms with Gasteiger partial charge in [0.1, 0.15) is 23.7 Å². The normalized spacial score (nSPS) is 20.3. The van der Waals surface area contributed by atoms with Gasteiger partial charge in [-0.2, -0.15) is 0 Å². The first-order valence-electron chi connectivity index (χ1n) is 9.25. The second-order valence-electron chi connectivity index (χ2n) is 7.37. The number of hydrogen-bond acceptors (Lipinski definition) is 3. The van der Waals surface area contributed by atoms with Gasteiger partial charge in [0, 0.05) is 18.0 Å². The third-order valence-electron chi connectivity index (χ3n) is 5.46. The van der Waals surface area contributed by atoms with Crippen LogP contribution >= 0.6 is 0 Å². The summed E-state index contributed by atoms with van der Waals surface area (Å²) in [7, 11) is 0. The van der Waals surface area contributed by atoms with Crippen LogP contribution in [-0.2, 0) is 0 Å². The molecule has 1 atom stereocenters. The molecule has 4 N–H and O–H groups in total. The number of aromatic nitrogens is 1. The summed E-state index contributed by atoms with van der Waals surface area (Å²) in [6.45, 7) is 0.195. The Balaban J connectivity index is 1.68. The van der Waals surface area contributed by atoms with Crippen molar-refractivity contribution in [2.24, 2.45) is 5.92 Å². The molecular weight excluding hydrogens is 369 g/mol. The molecule has 0 radical (unpaired) electrons. The van der Waals surface area contributed by atoms with Crippen LogP contribution in [0.15, 0.2) is 36.4 Å². The molecule has 1 aromatic heterocycles. The molecule has 0 amide bonds. The maximum Gasteiger partial charge on any atom is 0.150 e. The van der Waals surface area contributed by atoms with E-state index in [1.807, 2.05) is 0 Å². The van der Waals surface area contributed by atoms with Gasteiger partial charge in [-0.05, 0) is 66.1 Å². The molecule has 0 spiro atoms. The lowest BCUT2D eigenvalue weighted by Crippen LogP contribution is -2.39. The van der Waals surface area contributed by atoms with Gasteiger partial charge in [-0.15, -0.1) is 0 Å². The predicted octanol–water partition coefficient (Wildman–Crippen LogP) is 3.65. The summed E-state index contributed by atoms with van der Waals surface area (Å²) in [5.41, 5.74) is 2.46. The number of aromatic amines is 1. The van der Waals surface area contributed by atoms with Crippen LogP contribution in [0.4, 0.5) is 13.2 Å². The SMILES string of the molecule is OCC(O)NCC1CC(c2c(-c3ccc(F)cc3)[nH]c3c(F)cc(F)cc23)C1. The lowest BCUT2D eigenvalue weighted by atomic mass is 9.70. The van der Waals surface area contributed by atoms with Crippen LogP contribution in [-0.4, -0.2) is 34.6 Å². The zero-order valence-corrected chi connectivity index (χ0v) is 15.1. The number of aliphatic hydroxyl groups is 2. The monoisotopic (exact) mass is 390 g/mol. The van der Waals surface area contributed by atoms with Crippen LogP contribution in [0, 0.1) is 23.4 Å². The highest BCUT2D eigenvalue weighted by molar-refractivity contribution is 5.92. The van der Waals surface area contributed by atoms with Crippen molar-refractivity contribution >= 4 is 10.9 Å². The average molecular weight is 390 g/mol. The first-order chi connectivity index (χ1) is 13.5. The molecule has 0 bridgehead atoms. The summed E-state index contributed by atoms with van der Waals surface area (Å²) >= 11 is 0. The van der Waals surface area contributed by atoms with Gasteiger partial charge < -0.3 is 15.2 Å². The molecule has 0 saturated heterocycles. The molecular formula is C21H21F3N2O2. The zero-order chi connectivity index (χ0) is 19.8. The standard InChI is InChI=1S/C21H21F3N2O2/c22-14-3-1-12(2-4-14)20-19(13-5-11(6-13)9-25-18(28)10-27)16-7-15(23)8-17(24)21(16)26-20/h1-4,7-8,11,13,18,25-28H,5-6,9-10H2. The Morgan fingerprint density at radius 3 is 2.46 bits per heavy atom. The van der Waals surface area contributed by atoms with E-state index in [1.165, 1.54) is 18.2 Å². The minimum Gasteiger partial charge on any atom is -0.392 e. The highest BCUT2D eigenvalue weighted by Gasteiger charge is 2.34. The lowest BCUT2D eigenvalue weighted by molar-refractivity contribution is 0.0589. The molecule has 1 fully saturated rings. The second kappa shape index (κ2) is 7.58. The molecule has 4 rings (SSSR count). The Hall–Kier alpha value is -2.35. The Morgan fingerprint density at radius 1 is 1.07 bits per heavy atom. The van der Waals surface area contributed by atoms with Crippen LogP contribution in [0.25, 0.3) is 22.2 Å². The summed E-state index contributed by atoms with van der Waals surface area (Å²) in [4.78, 5) is 3.07. The van der Waals surface area contributed by atoms with E-state index in [9.17, 15) is 18.3 Å². The highest BCUT2D eigenvalue weighted by Crippen LogP contribution is 2.48. The second-order valence-corrected chi connectivity index (χ2v) is 7.37. The Labute approximate surface area is 160 Å². The highest BCUT2D eigenvalue weighted by atomic mass is 19.1. The van der Waals surface area contributed by atoms with E-state index in [1.54, 1.807) is 12.1 Å². The fourth-order valence-corrected chi connectivity index (χ4v) is 4.01. The molecule has 0 aliphatic heterocycles. The van der Waals surface area contributed by atoms with E-state index >= 15 is 0 Å². The maximum atomic E-state index is 14.3. The zero-order valence-electron chi connectivity index (χ0n) is 15.1. The Morgan fingerprint density at radius 2 is 1.79 bits per heavy atom. The Kier molecular flexibility index (Phi) is 5.14. The number of fused-ring (bicyclic) bond motifs is 1. The number of H-pyrrole nitrogens is 1. The summed E-state index contributed by atoms with van der Waals surface area (Å²) < 4.78 is 41.6. The van der Waals surface area contributed by atoms with Gasteiger partial charge in [0.2, 0.25) is 0 Å². The number of nitrogens with one attached hydrogen (secondary N) is 2. The predicted molar refractivity (Wildman–Crippen MR) is 100 cm³/mol. The molecule has 7 heteroatoms. The topological polar surface area (TPSA) is 68.3 Å². The van der Waals surface area contributed by atoms with Gasteiger partial charge in [-0.1, -0.05) is 0 Å². The van der Waals surface area contributed by atoms with Crippen molar-refractivity contribution in [3.63, 3.8) is 0 Å². The van der Waals surface area contributed by atoms with E-state index in [0.717, 1.165) is 24.5 Å². The molecule has 2 aromatic carbocycles. The first kappa shape index (κ1) is 19.0. The summed E-state index contributed by atoms with van der Waals surface area (Å²) in [6, 6.07) is 8.09. The maximum absolute atomic E-state index is 14.3. The Bertz CT molecular complexity index is 981. The van der Waals surface area contributed by atoms with Gasteiger partial charge in [-0.25, -0.2) is 13.2 Å². The van der Waals surface area contributed by atoms with Gasteiger partial charge in [0.25, 0.3) is 0 Å². The van der Waals surface area contributed by atoms with Gasteiger partial charge in [0.05, 0.1) is 17.8 Å². The molecule has 4 nitrogen and oxygen atoms in total. The molecule has 1 aliphatic rings. The summed E-state index contributed by atoms with van der Waals surface area (Å²) in [5.74, 6) is -1.28. The molecule has 28 heavy (non-hydrogen) atoms. The average Bonchev–Trinajstić information content (AvgIpc) is 3.00. The number of halogens is 3. The third-order valence-corrected chi connectivity index (χ3v) is 5.46. The van der Waals surface area contributed by atoms with Crippen molar-refractivity contribution < 1.29 is 23.4 Å². The van der Waals surface area contributed by atoms with Gasteiger partial charge >= 0.3 is 0 Å². The van der Waals surface area contributed by atoms with E-state index in [0.29, 0.717) is 23.2 Å². The van der Waals surface area contributed by atoms with Crippen LogP contribution < -0.4 is 5.32 Å². The largest absolute Gasteiger partial charge is 0.392 e. The van der Waals surface area contributed by atoms with Crippen molar-refractivity contribution in [2.45, 2.75) is 25.0 Å². The smallest absolute Gasteiger partial charge is 0.150 e. The molecule has 3 aromatic rings. The van der Waals surface area contributed by atoms with Crippen LogP contribution in [0.5, 0.6) is 0 Å². The minimum atomic E-state index is -0.954. The molecule has 1 unspecified atom stereocenters. The van der Waals surface area contributed by atoms with E-state index < -0.39 is 17.9 Å². The van der Waals surface area contributed by atoms with Crippen LogP contribution in [0.1, 0.15) is 24.3 Å². The summed E-state index contributed by atoms with van der Waals surface area (Å²) in [5, 5.41) is 21.6. The van der Waals surface area contributed by atoms with Crippen molar-refractivity contribution in [2.75, 3.05) is 13.2 Å². The van der Waals surface area contributed by atoms with Crippen LogP contribution in [0.3, 0.4) is 0 Å². The third kappa shape index (κ3) is 3.53. The molecule has 1 saturated carbocycles. The number of benzene rings is 2. The van der Waals surface area contributed by atoms with Crippen molar-refractivity contribution in [1.82, 2.24) is 10.3 Å². The van der Waals surface area contributed by atoms with Gasteiger partial charge in [0.15, 0.2) is 0 Å². The van der Waals surface area contributed by atoms with Gasteiger partial charge in [-0.3, -0.25) is 5.32 Å².